The topological polar surface area (TPSA) is 78.5 Å². The van der Waals surface area contributed by atoms with Gasteiger partial charge in [-0.25, -0.2) is 4.79 Å². The summed E-state index contributed by atoms with van der Waals surface area (Å²) in [5.41, 5.74) is 2.72. The molecule has 0 bridgehead atoms. The van der Waals surface area contributed by atoms with E-state index in [-0.39, 0.29) is 12.6 Å². The van der Waals surface area contributed by atoms with Crippen molar-refractivity contribution < 1.29 is 14.4 Å². The Hall–Kier alpha value is -3.93. The molecule has 33 heavy (non-hydrogen) atoms. The van der Waals surface area contributed by atoms with Crippen molar-refractivity contribution in [1.29, 1.82) is 0 Å². The van der Waals surface area contributed by atoms with Crippen LogP contribution in [-0.2, 0) is 15.1 Å². The van der Waals surface area contributed by atoms with Crippen LogP contribution in [0.5, 0.6) is 0 Å². The molecule has 1 heterocycles. The molecule has 0 spiro atoms. The highest BCUT2D eigenvalue weighted by Crippen LogP contribution is 2.32. The number of hydrogen-bond acceptors (Lipinski definition) is 3. The van der Waals surface area contributed by atoms with Crippen LogP contribution < -0.4 is 10.6 Å². The van der Waals surface area contributed by atoms with Crippen LogP contribution in [0.3, 0.4) is 0 Å². The minimum Gasteiger partial charge on any atom is -0.348 e. The van der Waals surface area contributed by atoms with Crippen LogP contribution in [-0.4, -0.2) is 29.3 Å². The first-order valence-electron chi connectivity index (χ1n) is 11.1. The summed E-state index contributed by atoms with van der Waals surface area (Å²) in [6.45, 7) is 3.39. The molecule has 1 fully saturated rings. The lowest BCUT2D eigenvalue weighted by Gasteiger charge is -2.25. The first kappa shape index (κ1) is 22.3. The van der Waals surface area contributed by atoms with E-state index in [0.29, 0.717) is 12.0 Å². The molecule has 1 aliphatic rings. The molecule has 4 rings (SSSR count). The number of hydrogen-bond donors (Lipinski definition) is 2. The molecule has 6 heteroatoms. The van der Waals surface area contributed by atoms with Crippen molar-refractivity contribution in [3.05, 3.63) is 96.1 Å². The van der Waals surface area contributed by atoms with Crippen molar-refractivity contribution in [1.82, 2.24) is 15.5 Å². The zero-order valence-corrected chi connectivity index (χ0v) is 18.7. The average Bonchev–Trinajstić information content (AvgIpc) is 3.10. The Morgan fingerprint density at radius 2 is 1.48 bits per heavy atom. The van der Waals surface area contributed by atoms with E-state index in [9.17, 15) is 14.4 Å². The molecule has 0 saturated carbocycles. The highest BCUT2D eigenvalue weighted by molar-refractivity contribution is 6.09. The Morgan fingerprint density at radius 1 is 0.909 bits per heavy atom. The number of imide groups is 1. The predicted molar refractivity (Wildman–Crippen MR) is 127 cm³/mol. The summed E-state index contributed by atoms with van der Waals surface area (Å²) >= 11 is 0. The van der Waals surface area contributed by atoms with Crippen LogP contribution in [0.25, 0.3) is 11.1 Å². The van der Waals surface area contributed by atoms with Gasteiger partial charge in [0.1, 0.15) is 12.1 Å². The van der Waals surface area contributed by atoms with Gasteiger partial charge in [-0.1, -0.05) is 91.9 Å². The van der Waals surface area contributed by atoms with Crippen molar-refractivity contribution >= 4 is 17.8 Å². The summed E-state index contributed by atoms with van der Waals surface area (Å²) in [5.74, 6) is -0.797. The van der Waals surface area contributed by atoms with Crippen LogP contribution in [0.2, 0.25) is 0 Å². The predicted octanol–water partition coefficient (Wildman–Crippen LogP) is 4.39. The van der Waals surface area contributed by atoms with Gasteiger partial charge in [-0.3, -0.25) is 14.5 Å². The molecule has 0 aromatic heterocycles. The maximum atomic E-state index is 13.2. The number of nitrogens with one attached hydrogen (secondary N) is 2. The van der Waals surface area contributed by atoms with E-state index in [2.05, 4.69) is 10.6 Å². The first-order chi connectivity index (χ1) is 15.9. The lowest BCUT2D eigenvalue weighted by molar-refractivity contribution is -0.135. The van der Waals surface area contributed by atoms with Gasteiger partial charge in [-0.15, -0.1) is 0 Å². The van der Waals surface area contributed by atoms with Gasteiger partial charge in [-0.05, 0) is 35.6 Å². The maximum absolute atomic E-state index is 13.2. The van der Waals surface area contributed by atoms with E-state index in [4.69, 9.17) is 0 Å². The zero-order valence-electron chi connectivity index (χ0n) is 18.7. The van der Waals surface area contributed by atoms with E-state index in [1.807, 2.05) is 98.8 Å². The molecule has 2 N–H and O–H groups in total. The highest BCUT2D eigenvalue weighted by atomic mass is 16.2. The fourth-order valence-corrected chi connectivity index (χ4v) is 4.24. The number of carbonyl (C=O) groups is 3. The second kappa shape index (κ2) is 9.28. The second-order valence-corrected chi connectivity index (χ2v) is 8.22. The van der Waals surface area contributed by atoms with Gasteiger partial charge in [0.05, 0.1) is 6.04 Å². The van der Waals surface area contributed by atoms with Gasteiger partial charge in [0.15, 0.2) is 0 Å². The van der Waals surface area contributed by atoms with Gasteiger partial charge >= 0.3 is 6.03 Å². The number of amides is 4. The van der Waals surface area contributed by atoms with Crippen LogP contribution in [0.1, 0.15) is 37.4 Å². The Labute approximate surface area is 193 Å². The summed E-state index contributed by atoms with van der Waals surface area (Å²) in [7, 11) is 0. The van der Waals surface area contributed by atoms with Gasteiger partial charge in [0, 0.05) is 0 Å². The van der Waals surface area contributed by atoms with Gasteiger partial charge in [0.25, 0.3) is 5.91 Å². The standard InChI is InChI=1S/C27H27N3O3/c1-3-27(23-12-8-5-9-13-23)25(32)30(26(33)29-27)18-24(31)28-19(2)20-14-16-22(17-15-20)21-10-6-4-7-11-21/h4-17,19H,3,18H2,1-2H3,(H,28,31)(H,29,33). The lowest BCUT2D eigenvalue weighted by atomic mass is 9.87. The Morgan fingerprint density at radius 3 is 2.09 bits per heavy atom. The van der Waals surface area contributed by atoms with E-state index < -0.39 is 23.4 Å². The quantitative estimate of drug-likeness (QED) is 0.534. The van der Waals surface area contributed by atoms with Gasteiger partial charge < -0.3 is 10.6 Å². The van der Waals surface area contributed by atoms with Gasteiger partial charge in [0.2, 0.25) is 5.91 Å². The molecule has 2 atom stereocenters. The van der Waals surface area contributed by atoms with Crippen molar-refractivity contribution in [3.8, 4) is 11.1 Å². The molecule has 3 aromatic carbocycles. The zero-order chi connectivity index (χ0) is 23.4. The third-order valence-corrected chi connectivity index (χ3v) is 6.17. The molecular formula is C27H27N3O3. The molecule has 1 aliphatic heterocycles. The number of benzene rings is 3. The minimum atomic E-state index is -1.14. The first-order valence-corrected chi connectivity index (χ1v) is 11.1. The number of nitrogens with zero attached hydrogens (tertiary/aromatic N) is 1. The van der Waals surface area contributed by atoms with E-state index in [1.54, 1.807) is 0 Å². The Balaban J connectivity index is 1.42. The second-order valence-electron chi connectivity index (χ2n) is 8.22. The fourth-order valence-electron chi connectivity index (χ4n) is 4.24. The number of urea groups is 1. The molecule has 4 amide bonds. The molecule has 0 radical (unpaired) electrons. The molecule has 0 aliphatic carbocycles. The normalized spacial score (nSPS) is 18.7. The summed E-state index contributed by atoms with van der Waals surface area (Å²) in [4.78, 5) is 39.5. The largest absolute Gasteiger partial charge is 0.348 e. The Kier molecular flexibility index (Phi) is 6.27. The van der Waals surface area contributed by atoms with E-state index in [0.717, 1.165) is 21.6 Å². The SMILES string of the molecule is CCC1(c2ccccc2)NC(=O)N(CC(=O)NC(C)c2ccc(-c3ccccc3)cc2)C1=O. The van der Waals surface area contributed by atoms with E-state index in [1.165, 1.54) is 0 Å². The molecular weight excluding hydrogens is 414 g/mol. The molecule has 2 unspecified atom stereocenters. The van der Waals surface area contributed by atoms with Crippen molar-refractivity contribution in [3.63, 3.8) is 0 Å². The van der Waals surface area contributed by atoms with Crippen molar-refractivity contribution in [2.24, 2.45) is 0 Å². The third-order valence-electron chi connectivity index (χ3n) is 6.17. The maximum Gasteiger partial charge on any atom is 0.325 e. The van der Waals surface area contributed by atoms with Crippen molar-refractivity contribution in [2.75, 3.05) is 6.54 Å². The average molecular weight is 442 g/mol. The molecule has 3 aromatic rings. The number of rotatable bonds is 7. The van der Waals surface area contributed by atoms with Crippen molar-refractivity contribution in [2.45, 2.75) is 31.8 Å². The van der Waals surface area contributed by atoms with Crippen LogP contribution >= 0.6 is 0 Å². The van der Waals surface area contributed by atoms with Crippen LogP contribution in [0, 0.1) is 0 Å². The number of carbonyl (C=O) groups excluding carboxylic acids is 3. The summed E-state index contributed by atoms with van der Waals surface area (Å²) < 4.78 is 0. The van der Waals surface area contributed by atoms with Crippen LogP contribution in [0.4, 0.5) is 4.79 Å². The molecule has 1 saturated heterocycles. The lowest BCUT2D eigenvalue weighted by Crippen LogP contribution is -2.45. The highest BCUT2D eigenvalue weighted by Gasteiger charge is 2.51. The fraction of sp³-hybridized carbons (Fsp3) is 0.222. The summed E-state index contributed by atoms with van der Waals surface area (Å²) in [5, 5.41) is 5.70. The molecule has 6 nitrogen and oxygen atoms in total. The summed E-state index contributed by atoms with van der Waals surface area (Å²) in [6.07, 6.45) is 0.393. The minimum absolute atomic E-state index is 0.270. The monoisotopic (exact) mass is 441 g/mol. The third kappa shape index (κ3) is 4.37. The Bertz CT molecular complexity index is 1150. The van der Waals surface area contributed by atoms with Crippen LogP contribution in [0.15, 0.2) is 84.9 Å². The molecule has 168 valence electrons. The summed E-state index contributed by atoms with van der Waals surface area (Å²) in [6, 6.07) is 26.3. The van der Waals surface area contributed by atoms with Gasteiger partial charge in [-0.2, -0.15) is 0 Å². The van der Waals surface area contributed by atoms with E-state index >= 15 is 0 Å². The smallest absolute Gasteiger partial charge is 0.325 e.